The van der Waals surface area contributed by atoms with Crippen LogP contribution in [0.25, 0.3) is 11.1 Å². The van der Waals surface area contributed by atoms with Crippen molar-refractivity contribution in [2.75, 3.05) is 0 Å². The zero-order valence-corrected chi connectivity index (χ0v) is 28.4. The molecule has 0 radical (unpaired) electrons. The molecule has 2 rings (SSSR count). The summed E-state index contributed by atoms with van der Waals surface area (Å²) in [6.45, 7) is 28.6. The molecule has 5 heteroatoms. The van der Waals surface area contributed by atoms with E-state index in [1.54, 1.807) is 5.30 Å². The number of hydrogen-bond donors (Lipinski definition) is 0. The molecule has 0 spiro atoms. The van der Waals surface area contributed by atoms with E-state index < -0.39 is 15.2 Å². The van der Waals surface area contributed by atoms with Gasteiger partial charge in [0.25, 0.3) is 0 Å². The molecule has 0 atom stereocenters. The van der Waals surface area contributed by atoms with E-state index in [2.05, 4.69) is 119 Å². The second-order valence-electron chi connectivity index (χ2n) is 11.9. The van der Waals surface area contributed by atoms with Crippen molar-refractivity contribution in [2.45, 2.75) is 111 Å². The fraction of sp³-hybridized carbons (Fsp3) is 0.586. The van der Waals surface area contributed by atoms with Gasteiger partial charge in [0.2, 0.25) is 0 Å². The molecule has 198 valence electrons. The Bertz CT molecular complexity index is 876. The van der Waals surface area contributed by atoms with Crippen molar-refractivity contribution in [3.05, 3.63) is 53.1 Å². The van der Waals surface area contributed by atoms with Gasteiger partial charge in [0.15, 0.2) is 0 Å². The van der Waals surface area contributed by atoms with Crippen molar-refractivity contribution < 1.29 is 15.2 Å². The van der Waals surface area contributed by atoms with Crippen LogP contribution < -0.4 is 5.30 Å². The quantitative estimate of drug-likeness (QED) is 0.213. The molecule has 0 amide bonds. The average molecular weight is 728 g/mol. The van der Waals surface area contributed by atoms with Crippen LogP contribution in [0, 0.1) is 0 Å². The standard InChI is InChI=1S/C29H45P.Au.3ClH/c1-19(2)22-17-24(20(3)4)27(25(18-22)21(5)6)23-15-13-14-16-26(23)30(28(7,8)9)29(10,11)12;;;;/h13-21H,1-12H3;;3*1H/q;+3;;;/p-3. The summed E-state index contributed by atoms with van der Waals surface area (Å²) < 4.78 is 0. The van der Waals surface area contributed by atoms with E-state index >= 15 is 0 Å². The Morgan fingerprint density at radius 2 is 1.06 bits per heavy atom. The molecular weight excluding hydrogens is 683 g/mol. The molecule has 0 aliphatic heterocycles. The van der Waals surface area contributed by atoms with Crippen LogP contribution in [0.1, 0.15) is 118 Å². The molecule has 0 unspecified atom stereocenters. The number of benzene rings is 2. The summed E-state index contributed by atoms with van der Waals surface area (Å²) >= 11 is -1.79. The first-order chi connectivity index (χ1) is 15.4. The maximum absolute atomic E-state index is 4.95. The Hall–Kier alpha value is 0.480. The Morgan fingerprint density at radius 1 is 0.676 bits per heavy atom. The fourth-order valence-corrected chi connectivity index (χ4v) is 9.00. The van der Waals surface area contributed by atoms with Gasteiger partial charge in [0, 0.05) is 0 Å². The monoisotopic (exact) mass is 726 g/mol. The molecule has 34 heavy (non-hydrogen) atoms. The van der Waals surface area contributed by atoms with E-state index in [0.717, 1.165) is 0 Å². The summed E-state index contributed by atoms with van der Waals surface area (Å²) in [5.41, 5.74) is 7.46. The fourth-order valence-electron chi connectivity index (χ4n) is 4.88. The molecule has 0 nitrogen and oxygen atoms in total. The first kappa shape index (κ1) is 32.5. The van der Waals surface area contributed by atoms with Crippen LogP contribution in [0.2, 0.25) is 0 Å². The Kier molecular flexibility index (Phi) is 12.7. The molecule has 0 fully saturated rings. The summed E-state index contributed by atoms with van der Waals surface area (Å²) in [5.74, 6) is 1.55. The minimum absolute atomic E-state index is 0.248. The topological polar surface area (TPSA) is 0 Å². The van der Waals surface area contributed by atoms with Gasteiger partial charge in [-0.15, -0.1) is 0 Å². The van der Waals surface area contributed by atoms with Crippen LogP contribution in [0.3, 0.4) is 0 Å². The third kappa shape index (κ3) is 9.10. The Balaban J connectivity index is 0.00000133. The van der Waals surface area contributed by atoms with E-state index in [1.165, 1.54) is 27.8 Å². The summed E-state index contributed by atoms with van der Waals surface area (Å²) in [6.07, 6.45) is 0. The van der Waals surface area contributed by atoms with Crippen LogP contribution in [0.15, 0.2) is 36.4 Å². The van der Waals surface area contributed by atoms with Crippen molar-refractivity contribution >= 4 is 40.8 Å². The van der Waals surface area contributed by atoms with Gasteiger partial charge in [-0.2, -0.15) is 0 Å². The van der Waals surface area contributed by atoms with Gasteiger partial charge in [-0.3, -0.25) is 0 Å². The average Bonchev–Trinajstić information content (AvgIpc) is 2.64. The third-order valence-electron chi connectivity index (χ3n) is 5.89. The first-order valence-electron chi connectivity index (χ1n) is 12.1. The normalized spacial score (nSPS) is 13.0. The van der Waals surface area contributed by atoms with Crippen molar-refractivity contribution in [1.82, 2.24) is 0 Å². The minimum atomic E-state index is -1.79. The van der Waals surface area contributed by atoms with Crippen molar-refractivity contribution in [3.8, 4) is 11.1 Å². The van der Waals surface area contributed by atoms with Crippen molar-refractivity contribution in [2.24, 2.45) is 0 Å². The van der Waals surface area contributed by atoms with E-state index in [1.807, 2.05) is 0 Å². The van der Waals surface area contributed by atoms with Gasteiger partial charge in [0.1, 0.15) is 0 Å². The van der Waals surface area contributed by atoms with Gasteiger partial charge in [0.05, 0.1) is 0 Å². The Morgan fingerprint density at radius 3 is 1.38 bits per heavy atom. The molecule has 0 aromatic heterocycles. The van der Waals surface area contributed by atoms with Crippen LogP contribution in [0.5, 0.6) is 0 Å². The molecule has 0 saturated carbocycles. The van der Waals surface area contributed by atoms with E-state index in [4.69, 9.17) is 27.6 Å². The van der Waals surface area contributed by atoms with Gasteiger partial charge in [-0.05, 0) is 61.2 Å². The van der Waals surface area contributed by atoms with Crippen molar-refractivity contribution in [3.63, 3.8) is 0 Å². The molecule has 0 aliphatic carbocycles. The van der Waals surface area contributed by atoms with Crippen molar-refractivity contribution in [1.29, 1.82) is 0 Å². The molecular formula is C29H45AuCl3P. The SMILES string of the molecule is CC(C)c1cc(C(C)C)c(-c2ccccc2P(C(C)(C)C)C(C)(C)C)c(C(C)C)c1.[Cl][Au]([Cl])[Cl]. The first-order valence-corrected chi connectivity index (χ1v) is 21.5. The van der Waals surface area contributed by atoms with Crippen LogP contribution >= 0.6 is 35.5 Å². The molecule has 2 aromatic rings. The van der Waals surface area contributed by atoms with Gasteiger partial charge < -0.3 is 0 Å². The molecule has 0 heterocycles. The zero-order valence-electron chi connectivity index (χ0n) is 23.1. The maximum atomic E-state index is 4.95. The zero-order chi connectivity index (χ0) is 26.6. The van der Waals surface area contributed by atoms with Crippen LogP contribution in [-0.4, -0.2) is 10.3 Å². The van der Waals surface area contributed by atoms with E-state index in [0.29, 0.717) is 17.8 Å². The summed E-state index contributed by atoms with van der Waals surface area (Å²) in [7, 11) is 14.5. The third-order valence-corrected chi connectivity index (χ3v) is 9.44. The molecule has 0 aliphatic rings. The molecule has 0 bridgehead atoms. The second-order valence-corrected chi connectivity index (χ2v) is 25.1. The summed E-state index contributed by atoms with van der Waals surface area (Å²) in [6, 6.07) is 14.3. The summed E-state index contributed by atoms with van der Waals surface area (Å²) in [4.78, 5) is 0. The van der Waals surface area contributed by atoms with Gasteiger partial charge >= 0.3 is 42.8 Å². The second kappa shape index (κ2) is 13.3. The molecule has 0 saturated heterocycles. The number of halogens is 3. The van der Waals surface area contributed by atoms with E-state index in [9.17, 15) is 0 Å². The number of hydrogen-bond acceptors (Lipinski definition) is 0. The molecule has 0 N–H and O–H groups in total. The van der Waals surface area contributed by atoms with E-state index in [-0.39, 0.29) is 18.2 Å². The van der Waals surface area contributed by atoms with Gasteiger partial charge in [-0.1, -0.05) is 127 Å². The predicted molar refractivity (Wildman–Crippen MR) is 158 cm³/mol. The van der Waals surface area contributed by atoms with Crippen LogP contribution in [-0.2, 0) is 15.2 Å². The van der Waals surface area contributed by atoms with Crippen LogP contribution in [0.4, 0.5) is 0 Å². The summed E-state index contributed by atoms with van der Waals surface area (Å²) in [5, 5.41) is 2.06. The number of rotatable bonds is 5. The Labute approximate surface area is 229 Å². The molecule has 2 aromatic carbocycles. The predicted octanol–water partition coefficient (Wildman–Crippen LogP) is 11.5. The van der Waals surface area contributed by atoms with Gasteiger partial charge in [-0.25, -0.2) is 0 Å².